The molecule has 33 heteroatoms. The molecule has 436 valence electrons. The fourth-order valence-electron chi connectivity index (χ4n) is 9.92. The maximum atomic E-state index is 13.9. The van der Waals surface area contributed by atoms with Crippen molar-refractivity contribution in [2.75, 3.05) is 39.6 Å². The lowest BCUT2D eigenvalue weighted by molar-refractivity contribution is -0.403. The summed E-state index contributed by atoms with van der Waals surface area (Å²) in [7, 11) is -4.96. The Hall–Kier alpha value is -2.03. The third kappa shape index (κ3) is 11.8. The second-order valence-corrected chi connectivity index (χ2v) is 20.8. The number of hydrogen-bond acceptors (Lipinski definition) is 32. The van der Waals surface area contributed by atoms with Crippen LogP contribution in [0, 0.1) is 6.92 Å². The minimum atomic E-state index is -4.96. The zero-order valence-electron chi connectivity index (χ0n) is 40.0. The van der Waals surface area contributed by atoms with Crippen molar-refractivity contribution in [1.29, 1.82) is 0 Å². The standard InChI is InChI=1S/C43H66O32S/c1-12-2-4-13(5-3-12)76(61,62)75-37-30(60)36-19(11-49)68-43(37)74-35-18(10-48)67-41(29(59)24(35)54)72-33-16(8-46)65-39(27(57)22(33)52)70-31-14(6-44)63-38(25(55)20(31)50)69-32-15(7-45)64-40(26(56)21(32)51)71-34-17(9-47)66-42(73-36)28(58)23(34)53/h2-5,14-60H,6-11H2,1H3/t14-,15-,16-,17-,18-,19-,20-,21-,22-,23-,24-,25-,26-,27-,28-,29-,30+,31-,32-,33-,34-,35-,36-,37-,38-,39-,40-,41-,42-,43-/m1/s1. The quantitative estimate of drug-likeness (QED) is 0.102. The van der Waals surface area contributed by atoms with Crippen LogP contribution in [0.5, 0.6) is 0 Å². The van der Waals surface area contributed by atoms with Crippen LogP contribution in [-0.2, 0) is 71.1 Å². The van der Waals surface area contributed by atoms with Crippen molar-refractivity contribution in [2.24, 2.45) is 0 Å². The van der Waals surface area contributed by atoms with E-state index in [-0.39, 0.29) is 0 Å². The summed E-state index contributed by atoms with van der Waals surface area (Å²) in [6.45, 7) is -4.74. The van der Waals surface area contributed by atoms with Crippen molar-refractivity contribution in [3.63, 3.8) is 0 Å². The molecule has 30 atom stereocenters. The molecule has 16 fully saturated rings. The molecule has 0 aliphatic carbocycles. The molecule has 1 aromatic carbocycles. The molecule has 0 radical (unpaired) electrons. The van der Waals surface area contributed by atoms with Gasteiger partial charge in [0.05, 0.1) is 44.5 Å². The largest absolute Gasteiger partial charge is 0.394 e. The first kappa shape index (κ1) is 60.1. The van der Waals surface area contributed by atoms with Crippen molar-refractivity contribution in [3.8, 4) is 0 Å². The molecule has 0 aromatic heterocycles. The zero-order valence-corrected chi connectivity index (χ0v) is 40.8. The van der Waals surface area contributed by atoms with Crippen molar-refractivity contribution in [1.82, 2.24) is 0 Å². The number of benzene rings is 1. The Morgan fingerprint density at radius 2 is 0.566 bits per heavy atom. The SMILES string of the molecule is Cc1ccc(S(=O)(=O)O[C@H]2[C@H]3O[C@H]4[C@H](O)[C@@H](O)[C@@H](O[C@H]5[C@H](O)[C@@H](O)[C@@H](O[C@H]6[C@H](O)[C@@H](O)[C@@H](O[C@H]7[C@H](O)[C@@H](O)[C@@H](O[C@H]8[C@H](O)[C@@H](O)[C@@H](O[C@@H]([C@@H]2O)[C@@H](CO)O3)O[C@@H]8CO)O[C@@H]7CO)O[C@@H]6CO)O[C@@H]5CO)O[C@@H]4CO)cc1. The lowest BCUT2D eigenvalue weighted by atomic mass is 9.94. The van der Waals surface area contributed by atoms with Gasteiger partial charge in [0.25, 0.3) is 10.1 Å². The van der Waals surface area contributed by atoms with Crippen LogP contribution < -0.4 is 0 Å². The Kier molecular flexibility index (Phi) is 19.8. The van der Waals surface area contributed by atoms with Crippen molar-refractivity contribution in [2.45, 2.75) is 196 Å². The lowest BCUT2D eigenvalue weighted by Gasteiger charge is -2.51. The fourth-order valence-corrected chi connectivity index (χ4v) is 11.0. The first-order valence-electron chi connectivity index (χ1n) is 24.1. The van der Waals surface area contributed by atoms with Crippen LogP contribution in [0.2, 0.25) is 0 Å². The molecule has 16 aliphatic heterocycles. The molecule has 0 spiro atoms. The van der Waals surface area contributed by atoms with E-state index in [9.17, 15) is 95.2 Å². The Labute approximate surface area is 431 Å². The van der Waals surface area contributed by atoms with Crippen LogP contribution in [0.15, 0.2) is 29.2 Å². The topological polar surface area (TPSA) is 498 Å². The Morgan fingerprint density at radius 3 is 0.816 bits per heavy atom. The fraction of sp³-hybridized carbons (Fsp3) is 0.860. The minimum Gasteiger partial charge on any atom is -0.394 e. The van der Waals surface area contributed by atoms with E-state index >= 15 is 0 Å². The van der Waals surface area contributed by atoms with Gasteiger partial charge in [0, 0.05) is 0 Å². The highest BCUT2D eigenvalue weighted by atomic mass is 32.2. The van der Waals surface area contributed by atoms with E-state index in [1.165, 1.54) is 12.1 Å². The molecule has 16 aliphatic rings. The van der Waals surface area contributed by atoms with Crippen LogP contribution in [0.1, 0.15) is 5.56 Å². The number of ether oxygens (including phenoxy) is 12. The number of hydrogen-bond donors (Lipinski definition) is 17. The Morgan fingerprint density at radius 1 is 0.342 bits per heavy atom. The van der Waals surface area contributed by atoms with E-state index in [0.29, 0.717) is 5.56 Å². The van der Waals surface area contributed by atoms with Gasteiger partial charge in [0.15, 0.2) is 43.8 Å². The summed E-state index contributed by atoms with van der Waals surface area (Å²) < 4.78 is 102. The van der Waals surface area contributed by atoms with Gasteiger partial charge in [0.1, 0.15) is 140 Å². The van der Waals surface area contributed by atoms with Crippen LogP contribution in [0.4, 0.5) is 0 Å². The Bertz CT molecular complexity index is 2110. The van der Waals surface area contributed by atoms with Crippen molar-refractivity contribution < 1.29 is 156 Å². The lowest BCUT2D eigenvalue weighted by Crippen LogP contribution is -2.69. The molecule has 76 heavy (non-hydrogen) atoms. The molecule has 12 bridgehead atoms. The maximum absolute atomic E-state index is 13.9. The van der Waals surface area contributed by atoms with Crippen LogP contribution in [0.3, 0.4) is 0 Å². The summed E-state index contributed by atoms with van der Waals surface area (Å²) >= 11 is 0. The van der Waals surface area contributed by atoms with Gasteiger partial charge in [-0.15, -0.1) is 0 Å². The van der Waals surface area contributed by atoms with Gasteiger partial charge >= 0.3 is 0 Å². The molecule has 1 aromatic rings. The third-order valence-electron chi connectivity index (χ3n) is 14.2. The summed E-state index contributed by atoms with van der Waals surface area (Å²) in [5, 5.41) is 188. The van der Waals surface area contributed by atoms with Gasteiger partial charge in [0.2, 0.25) is 0 Å². The molecule has 0 unspecified atom stereocenters. The van der Waals surface area contributed by atoms with Crippen molar-refractivity contribution in [3.05, 3.63) is 29.8 Å². The van der Waals surface area contributed by atoms with E-state index in [0.717, 1.165) is 12.1 Å². The van der Waals surface area contributed by atoms with Gasteiger partial charge in [-0.05, 0) is 19.1 Å². The average molecular weight is 1130 g/mol. The smallest absolute Gasteiger partial charge is 0.297 e. The highest BCUT2D eigenvalue weighted by molar-refractivity contribution is 7.86. The van der Waals surface area contributed by atoms with E-state index in [4.69, 9.17) is 61.0 Å². The molecular formula is C43H66O32S. The summed E-state index contributed by atoms with van der Waals surface area (Å²) in [6, 6.07) is 5.11. The summed E-state index contributed by atoms with van der Waals surface area (Å²) in [5.74, 6) is 0. The van der Waals surface area contributed by atoms with Gasteiger partial charge in [-0.3, -0.25) is 4.18 Å². The average Bonchev–Trinajstić information content (AvgIpc) is 3.40. The van der Waals surface area contributed by atoms with Crippen LogP contribution in [0.25, 0.3) is 0 Å². The predicted molar refractivity (Wildman–Crippen MR) is 233 cm³/mol. The number of rotatable bonds is 9. The molecule has 0 saturated carbocycles. The van der Waals surface area contributed by atoms with Gasteiger partial charge in [-0.25, -0.2) is 0 Å². The van der Waals surface area contributed by atoms with Crippen molar-refractivity contribution >= 4 is 10.1 Å². The highest BCUT2D eigenvalue weighted by Crippen LogP contribution is 2.39. The Balaban J connectivity index is 1.14. The first-order chi connectivity index (χ1) is 36.1. The number of aliphatic hydroxyl groups excluding tert-OH is 17. The third-order valence-corrected chi connectivity index (χ3v) is 15.5. The molecule has 16 heterocycles. The summed E-state index contributed by atoms with van der Waals surface area (Å²) in [4.78, 5) is -0.470. The second kappa shape index (κ2) is 25.0. The molecular weight excluding hydrogens is 1060 g/mol. The molecule has 32 nitrogen and oxygen atoms in total. The molecule has 17 N–H and O–H groups in total. The minimum absolute atomic E-state index is 0.470. The van der Waals surface area contributed by atoms with E-state index in [2.05, 4.69) is 0 Å². The molecule has 16 saturated heterocycles. The molecule has 0 amide bonds. The van der Waals surface area contributed by atoms with Gasteiger partial charge in [-0.1, -0.05) is 17.7 Å². The highest BCUT2D eigenvalue weighted by Gasteiger charge is 2.59. The molecule has 17 rings (SSSR count). The van der Waals surface area contributed by atoms with Gasteiger partial charge < -0.3 is 144 Å². The van der Waals surface area contributed by atoms with Gasteiger partial charge in [-0.2, -0.15) is 8.42 Å². The monoisotopic (exact) mass is 1130 g/mol. The van der Waals surface area contributed by atoms with E-state index in [1.807, 2.05) is 0 Å². The number of aryl methyl sites for hydroxylation is 1. The number of aliphatic hydroxyl groups is 17. The zero-order chi connectivity index (χ0) is 55.2. The first-order valence-corrected chi connectivity index (χ1v) is 25.5. The predicted octanol–water partition coefficient (Wildman–Crippen LogP) is -11.3. The van der Waals surface area contributed by atoms with Crippen LogP contribution in [-0.4, -0.2) is 319 Å². The van der Waals surface area contributed by atoms with E-state index in [1.54, 1.807) is 6.92 Å². The maximum Gasteiger partial charge on any atom is 0.297 e. The summed E-state index contributed by atoms with van der Waals surface area (Å²) in [5.41, 5.74) is 0.626. The summed E-state index contributed by atoms with van der Waals surface area (Å²) in [6.07, 6.45) is -61.4. The van der Waals surface area contributed by atoms with Crippen LogP contribution >= 0.6 is 0 Å². The normalized spacial score (nSPS) is 49.8. The van der Waals surface area contributed by atoms with E-state index < -0.39 is 239 Å². The second-order valence-electron chi connectivity index (χ2n) is 19.2.